The van der Waals surface area contributed by atoms with Gasteiger partial charge >= 0.3 is 0 Å². The Hall–Kier alpha value is -3.74. The number of hydrogen-bond acceptors (Lipinski definition) is 4. The first-order valence-corrected chi connectivity index (χ1v) is 10.1. The largest absolute Gasteiger partial charge is 0.361 e. The smallest absolute Gasteiger partial charge is 0.266 e. The zero-order valence-corrected chi connectivity index (χ0v) is 16.4. The minimum absolute atomic E-state index is 0.000984. The third-order valence-corrected chi connectivity index (χ3v) is 5.66. The van der Waals surface area contributed by atoms with E-state index in [-0.39, 0.29) is 17.5 Å². The number of hydrogen-bond donors (Lipinski definition) is 1. The average molecular weight is 399 g/mol. The van der Waals surface area contributed by atoms with Crippen molar-refractivity contribution in [1.82, 2.24) is 24.6 Å². The molecule has 1 aliphatic rings. The van der Waals surface area contributed by atoms with Gasteiger partial charge < -0.3 is 9.88 Å². The molecular formula is C23H21N5O2. The highest BCUT2D eigenvalue weighted by molar-refractivity contribution is 5.98. The van der Waals surface area contributed by atoms with E-state index in [1.54, 1.807) is 18.5 Å². The Morgan fingerprint density at radius 1 is 1.10 bits per heavy atom. The second-order valence-corrected chi connectivity index (χ2v) is 7.55. The zero-order chi connectivity index (χ0) is 20.5. The number of carbonyl (C=O) groups is 1. The molecule has 0 radical (unpaired) electrons. The van der Waals surface area contributed by atoms with E-state index in [4.69, 9.17) is 0 Å². The van der Waals surface area contributed by atoms with Gasteiger partial charge in [-0.25, -0.2) is 4.68 Å². The number of nitrogens with zero attached hydrogens (tertiary/aromatic N) is 4. The topological polar surface area (TPSA) is 83.9 Å². The summed E-state index contributed by atoms with van der Waals surface area (Å²) >= 11 is 0. The molecule has 0 spiro atoms. The van der Waals surface area contributed by atoms with Crippen molar-refractivity contribution in [2.45, 2.75) is 25.4 Å². The molecule has 1 aliphatic heterocycles. The molecule has 1 saturated heterocycles. The number of fused-ring (bicyclic) bond motifs is 1. The van der Waals surface area contributed by atoms with Gasteiger partial charge in [-0.3, -0.25) is 14.6 Å². The van der Waals surface area contributed by atoms with Gasteiger partial charge in [0, 0.05) is 53.2 Å². The van der Waals surface area contributed by atoms with Crippen LogP contribution < -0.4 is 5.56 Å². The summed E-state index contributed by atoms with van der Waals surface area (Å²) in [6.07, 6.45) is 7.04. The van der Waals surface area contributed by atoms with E-state index in [1.807, 2.05) is 47.5 Å². The molecule has 30 heavy (non-hydrogen) atoms. The lowest BCUT2D eigenvalue weighted by Crippen LogP contribution is -2.40. The van der Waals surface area contributed by atoms with Crippen LogP contribution in [-0.2, 0) is 6.54 Å². The number of aromatic nitrogens is 4. The molecule has 1 unspecified atom stereocenters. The van der Waals surface area contributed by atoms with Crippen LogP contribution in [0.25, 0.3) is 22.2 Å². The maximum Gasteiger partial charge on any atom is 0.266 e. The van der Waals surface area contributed by atoms with E-state index in [0.717, 1.165) is 29.3 Å². The normalized spacial score (nSPS) is 16.3. The van der Waals surface area contributed by atoms with Gasteiger partial charge in [0.05, 0.1) is 18.3 Å². The molecule has 0 aliphatic carbocycles. The van der Waals surface area contributed by atoms with Gasteiger partial charge in [-0.05, 0) is 55.3 Å². The molecule has 1 aromatic carbocycles. The Morgan fingerprint density at radius 2 is 1.97 bits per heavy atom. The SMILES string of the molecule is O=C(c1ccc2[nH]ccc2c1)N1CCCC1Cn1nc(-c2ccncc2)ccc1=O. The van der Waals surface area contributed by atoms with Crippen LogP contribution in [-0.4, -0.2) is 43.1 Å². The standard InChI is InChI=1S/C23H21N5O2/c29-22-6-5-21(16-7-10-24-11-8-16)26-28(22)15-19-2-1-13-27(19)23(30)18-3-4-20-17(14-18)9-12-25-20/h3-12,14,19,25H,1-2,13,15H2. The van der Waals surface area contributed by atoms with Crippen molar-refractivity contribution >= 4 is 16.8 Å². The van der Waals surface area contributed by atoms with Gasteiger partial charge in [0.1, 0.15) is 0 Å². The number of benzene rings is 1. The highest BCUT2D eigenvalue weighted by Gasteiger charge is 2.30. The number of aromatic amines is 1. The zero-order valence-electron chi connectivity index (χ0n) is 16.4. The molecule has 150 valence electrons. The van der Waals surface area contributed by atoms with Gasteiger partial charge in [-0.1, -0.05) is 0 Å². The molecule has 1 atom stereocenters. The highest BCUT2D eigenvalue weighted by atomic mass is 16.2. The summed E-state index contributed by atoms with van der Waals surface area (Å²) in [5, 5.41) is 5.55. The molecule has 0 saturated carbocycles. The van der Waals surface area contributed by atoms with Crippen molar-refractivity contribution in [1.29, 1.82) is 0 Å². The monoisotopic (exact) mass is 399 g/mol. The summed E-state index contributed by atoms with van der Waals surface area (Å²) in [6.45, 7) is 1.07. The lowest BCUT2D eigenvalue weighted by molar-refractivity contribution is 0.0720. The van der Waals surface area contributed by atoms with Crippen LogP contribution in [0.2, 0.25) is 0 Å². The molecule has 1 N–H and O–H groups in total. The predicted octanol–water partition coefficient (Wildman–Crippen LogP) is 3.09. The third-order valence-electron chi connectivity index (χ3n) is 5.66. The first kappa shape index (κ1) is 18.3. The molecule has 1 amide bonds. The van der Waals surface area contributed by atoms with Crippen LogP contribution in [0.15, 0.2) is 71.9 Å². The van der Waals surface area contributed by atoms with Gasteiger partial charge in [0.15, 0.2) is 0 Å². The Kier molecular flexibility index (Phi) is 4.63. The van der Waals surface area contributed by atoms with Crippen LogP contribution in [0.5, 0.6) is 0 Å². The van der Waals surface area contributed by atoms with E-state index >= 15 is 0 Å². The molecule has 3 aromatic heterocycles. The van der Waals surface area contributed by atoms with Crippen LogP contribution in [0.4, 0.5) is 0 Å². The highest BCUT2D eigenvalue weighted by Crippen LogP contribution is 2.23. The second kappa shape index (κ2) is 7.59. The average Bonchev–Trinajstić information content (AvgIpc) is 3.44. The number of carbonyl (C=O) groups excluding carboxylic acids is 1. The van der Waals surface area contributed by atoms with E-state index in [9.17, 15) is 9.59 Å². The quantitative estimate of drug-likeness (QED) is 0.572. The second-order valence-electron chi connectivity index (χ2n) is 7.55. The molecule has 4 heterocycles. The summed E-state index contributed by atoms with van der Waals surface area (Å²) in [6, 6.07) is 14.6. The molecule has 4 aromatic rings. The predicted molar refractivity (Wildman–Crippen MR) is 114 cm³/mol. The number of pyridine rings is 1. The Bertz CT molecular complexity index is 1260. The molecule has 5 rings (SSSR count). The summed E-state index contributed by atoms with van der Waals surface area (Å²) in [7, 11) is 0. The lowest BCUT2D eigenvalue weighted by atomic mass is 10.1. The molecule has 7 heteroatoms. The van der Waals surface area contributed by atoms with E-state index in [2.05, 4.69) is 15.1 Å². The Morgan fingerprint density at radius 3 is 2.83 bits per heavy atom. The Labute approximate surface area is 173 Å². The van der Waals surface area contributed by atoms with Crippen LogP contribution in [0.1, 0.15) is 23.2 Å². The van der Waals surface area contributed by atoms with Crippen LogP contribution in [0, 0.1) is 0 Å². The van der Waals surface area contributed by atoms with Gasteiger partial charge in [-0.15, -0.1) is 0 Å². The first-order chi connectivity index (χ1) is 14.7. The number of likely N-dealkylation sites (tertiary alicyclic amines) is 1. The maximum absolute atomic E-state index is 13.2. The molecule has 1 fully saturated rings. The van der Waals surface area contributed by atoms with Gasteiger partial charge in [-0.2, -0.15) is 5.10 Å². The summed E-state index contributed by atoms with van der Waals surface area (Å²) in [5.74, 6) is -0.000984. The molecule has 0 bridgehead atoms. The van der Waals surface area contributed by atoms with E-state index in [1.165, 1.54) is 10.7 Å². The fraction of sp³-hybridized carbons (Fsp3) is 0.217. The van der Waals surface area contributed by atoms with E-state index < -0.39 is 0 Å². The fourth-order valence-corrected chi connectivity index (χ4v) is 4.10. The van der Waals surface area contributed by atoms with Crippen LogP contribution in [0.3, 0.4) is 0 Å². The first-order valence-electron chi connectivity index (χ1n) is 10.1. The van der Waals surface area contributed by atoms with Crippen molar-refractivity contribution in [2.75, 3.05) is 6.54 Å². The third kappa shape index (κ3) is 3.39. The lowest BCUT2D eigenvalue weighted by Gasteiger charge is -2.25. The van der Waals surface area contributed by atoms with E-state index in [0.29, 0.717) is 24.3 Å². The minimum Gasteiger partial charge on any atom is -0.361 e. The number of nitrogens with one attached hydrogen (secondary N) is 1. The summed E-state index contributed by atoms with van der Waals surface area (Å²) in [5.41, 5.74) is 3.12. The van der Waals surface area contributed by atoms with Crippen molar-refractivity contribution in [3.63, 3.8) is 0 Å². The fourth-order valence-electron chi connectivity index (χ4n) is 4.10. The molecular weight excluding hydrogens is 378 g/mol. The summed E-state index contributed by atoms with van der Waals surface area (Å²) < 4.78 is 1.47. The van der Waals surface area contributed by atoms with Crippen molar-refractivity contribution in [2.24, 2.45) is 0 Å². The molecule has 7 nitrogen and oxygen atoms in total. The number of H-pyrrole nitrogens is 1. The van der Waals surface area contributed by atoms with Crippen molar-refractivity contribution < 1.29 is 4.79 Å². The number of amides is 1. The van der Waals surface area contributed by atoms with Crippen LogP contribution >= 0.6 is 0 Å². The minimum atomic E-state index is -0.166. The van der Waals surface area contributed by atoms with Gasteiger partial charge in [0.2, 0.25) is 0 Å². The Balaban J connectivity index is 1.40. The maximum atomic E-state index is 13.2. The van der Waals surface area contributed by atoms with Crippen molar-refractivity contribution in [3.8, 4) is 11.3 Å². The van der Waals surface area contributed by atoms with Crippen molar-refractivity contribution in [3.05, 3.63) is 83.0 Å². The number of rotatable bonds is 4. The summed E-state index contributed by atoms with van der Waals surface area (Å²) in [4.78, 5) is 34.7. The van der Waals surface area contributed by atoms with Gasteiger partial charge in [0.25, 0.3) is 11.5 Å².